The molecule has 0 bridgehead atoms. The van der Waals surface area contributed by atoms with Crippen LogP contribution in [0.15, 0.2) is 54.7 Å². The van der Waals surface area contributed by atoms with Crippen LogP contribution in [0.2, 0.25) is 0 Å². The second-order valence-corrected chi connectivity index (χ2v) is 5.06. The first-order valence-corrected chi connectivity index (χ1v) is 6.88. The van der Waals surface area contributed by atoms with Crippen LogP contribution in [0, 0.1) is 6.92 Å². The molecule has 0 amide bonds. The monoisotopic (exact) mass is 262 g/mol. The van der Waals surface area contributed by atoms with Crippen LogP contribution < -0.4 is 5.32 Å². The van der Waals surface area contributed by atoms with E-state index in [-0.39, 0.29) is 0 Å². The van der Waals surface area contributed by atoms with Crippen molar-refractivity contribution in [3.63, 3.8) is 0 Å². The van der Waals surface area contributed by atoms with Gasteiger partial charge in [-0.05, 0) is 48.4 Å². The van der Waals surface area contributed by atoms with Crippen molar-refractivity contribution in [2.45, 2.75) is 13.5 Å². The number of hydrogen-bond donors (Lipinski definition) is 1. The van der Waals surface area contributed by atoms with E-state index < -0.39 is 0 Å². The number of nitrogens with zero attached hydrogens (tertiary/aromatic N) is 1. The molecule has 1 heterocycles. The summed E-state index contributed by atoms with van der Waals surface area (Å²) >= 11 is 0. The summed E-state index contributed by atoms with van der Waals surface area (Å²) in [5.41, 5.74) is 6.14. The molecular weight excluding hydrogens is 244 g/mol. The summed E-state index contributed by atoms with van der Waals surface area (Å²) in [7, 11) is 1.96. The molecule has 2 heteroatoms. The summed E-state index contributed by atoms with van der Waals surface area (Å²) in [6.45, 7) is 3.02. The fraction of sp³-hybridized carbons (Fsp3) is 0.167. The van der Waals surface area contributed by atoms with Crippen LogP contribution in [0.4, 0.5) is 0 Å². The van der Waals surface area contributed by atoms with E-state index in [9.17, 15) is 0 Å². The minimum atomic E-state index is 0.867. The highest BCUT2D eigenvalue weighted by molar-refractivity contribution is 5.95. The van der Waals surface area contributed by atoms with Crippen LogP contribution in [0.25, 0.3) is 22.0 Å². The number of benzene rings is 2. The van der Waals surface area contributed by atoms with Gasteiger partial charge < -0.3 is 5.32 Å². The highest BCUT2D eigenvalue weighted by Gasteiger charge is 2.07. The molecule has 0 aliphatic heterocycles. The van der Waals surface area contributed by atoms with Crippen molar-refractivity contribution in [3.8, 4) is 11.1 Å². The summed E-state index contributed by atoms with van der Waals surface area (Å²) in [6.07, 6.45) is 1.90. The van der Waals surface area contributed by atoms with Gasteiger partial charge in [-0.1, -0.05) is 36.4 Å². The van der Waals surface area contributed by atoms with E-state index >= 15 is 0 Å². The quantitative estimate of drug-likeness (QED) is 0.773. The Hall–Kier alpha value is -2.19. The van der Waals surface area contributed by atoms with Crippen LogP contribution in [0.5, 0.6) is 0 Å². The summed E-state index contributed by atoms with van der Waals surface area (Å²) in [5.74, 6) is 0. The van der Waals surface area contributed by atoms with E-state index in [1.54, 1.807) is 0 Å². The Morgan fingerprint density at radius 2 is 1.85 bits per heavy atom. The van der Waals surface area contributed by atoms with Crippen molar-refractivity contribution in [1.82, 2.24) is 10.3 Å². The van der Waals surface area contributed by atoms with E-state index in [0.717, 1.165) is 12.1 Å². The summed E-state index contributed by atoms with van der Waals surface area (Å²) in [5, 5.41) is 4.39. The Labute approximate surface area is 119 Å². The molecule has 0 unspecified atom stereocenters. The molecule has 0 spiro atoms. The van der Waals surface area contributed by atoms with Crippen LogP contribution >= 0.6 is 0 Å². The van der Waals surface area contributed by atoms with Gasteiger partial charge in [0.2, 0.25) is 0 Å². The number of aryl methyl sites for hydroxylation is 1. The molecule has 0 fully saturated rings. The number of pyridine rings is 1. The lowest BCUT2D eigenvalue weighted by Gasteiger charge is -2.10. The highest BCUT2D eigenvalue weighted by Crippen LogP contribution is 2.30. The first-order chi connectivity index (χ1) is 9.79. The van der Waals surface area contributed by atoms with Gasteiger partial charge in [-0.25, -0.2) is 0 Å². The Bertz CT molecular complexity index is 747. The summed E-state index contributed by atoms with van der Waals surface area (Å²) < 4.78 is 0. The zero-order valence-electron chi connectivity index (χ0n) is 11.9. The Balaban J connectivity index is 2.20. The fourth-order valence-electron chi connectivity index (χ4n) is 2.62. The average Bonchev–Trinajstić information content (AvgIpc) is 2.47. The smallest absolute Gasteiger partial charge is 0.0711 e. The van der Waals surface area contributed by atoms with Crippen LogP contribution in [-0.4, -0.2) is 12.0 Å². The molecule has 0 radical (unpaired) electrons. The third-order valence-electron chi connectivity index (χ3n) is 3.62. The Morgan fingerprint density at radius 1 is 1.00 bits per heavy atom. The number of fused-ring (bicyclic) bond motifs is 1. The predicted octanol–water partition coefficient (Wildman–Crippen LogP) is 3.93. The van der Waals surface area contributed by atoms with Gasteiger partial charge in [0.25, 0.3) is 0 Å². The van der Waals surface area contributed by atoms with E-state index in [2.05, 4.69) is 65.8 Å². The first kappa shape index (κ1) is 12.8. The number of hydrogen-bond acceptors (Lipinski definition) is 2. The van der Waals surface area contributed by atoms with Crippen molar-refractivity contribution in [3.05, 3.63) is 65.9 Å². The number of nitrogens with one attached hydrogen (secondary N) is 1. The molecule has 0 saturated heterocycles. The maximum absolute atomic E-state index is 4.51. The van der Waals surface area contributed by atoms with Gasteiger partial charge in [0.1, 0.15) is 0 Å². The van der Waals surface area contributed by atoms with Gasteiger partial charge >= 0.3 is 0 Å². The molecule has 2 aromatic carbocycles. The van der Waals surface area contributed by atoms with Gasteiger partial charge in [-0.15, -0.1) is 0 Å². The minimum absolute atomic E-state index is 0.867. The molecule has 20 heavy (non-hydrogen) atoms. The fourth-order valence-corrected chi connectivity index (χ4v) is 2.62. The molecule has 3 aromatic rings. The molecule has 100 valence electrons. The maximum atomic E-state index is 4.51. The highest BCUT2D eigenvalue weighted by atomic mass is 14.8. The molecule has 0 aliphatic rings. The minimum Gasteiger partial charge on any atom is -0.316 e. The Morgan fingerprint density at radius 3 is 2.65 bits per heavy atom. The van der Waals surface area contributed by atoms with Gasteiger partial charge in [-0.2, -0.15) is 0 Å². The lowest BCUT2D eigenvalue weighted by molar-refractivity contribution is 0.819. The Kier molecular flexibility index (Phi) is 3.48. The van der Waals surface area contributed by atoms with Gasteiger partial charge in [0.15, 0.2) is 0 Å². The number of aromatic nitrogens is 1. The van der Waals surface area contributed by atoms with Crippen molar-refractivity contribution >= 4 is 10.9 Å². The van der Waals surface area contributed by atoms with Gasteiger partial charge in [0.05, 0.1) is 5.52 Å². The number of rotatable bonds is 3. The van der Waals surface area contributed by atoms with Crippen molar-refractivity contribution in [2.24, 2.45) is 0 Å². The zero-order valence-corrected chi connectivity index (χ0v) is 11.9. The van der Waals surface area contributed by atoms with Crippen LogP contribution in [0.1, 0.15) is 11.1 Å². The first-order valence-electron chi connectivity index (χ1n) is 6.88. The van der Waals surface area contributed by atoms with E-state index in [0.29, 0.717) is 0 Å². The molecular formula is C18H18N2. The van der Waals surface area contributed by atoms with E-state index in [1.807, 2.05) is 13.2 Å². The molecule has 0 aliphatic carbocycles. The van der Waals surface area contributed by atoms with Gasteiger partial charge in [-0.3, -0.25) is 4.98 Å². The van der Waals surface area contributed by atoms with Crippen LogP contribution in [-0.2, 0) is 6.54 Å². The molecule has 0 saturated carbocycles. The third kappa shape index (κ3) is 2.30. The van der Waals surface area contributed by atoms with Gasteiger partial charge in [0, 0.05) is 18.1 Å². The van der Waals surface area contributed by atoms with Crippen molar-refractivity contribution in [1.29, 1.82) is 0 Å². The second-order valence-electron chi connectivity index (χ2n) is 5.06. The molecule has 0 atom stereocenters. The SMILES string of the molecule is CNCc1ccc2c(-c3ccccc3C)ccnc2c1. The van der Waals surface area contributed by atoms with Crippen LogP contribution in [0.3, 0.4) is 0 Å². The lowest BCUT2D eigenvalue weighted by atomic mass is 9.97. The van der Waals surface area contributed by atoms with E-state index in [4.69, 9.17) is 0 Å². The third-order valence-corrected chi connectivity index (χ3v) is 3.62. The maximum Gasteiger partial charge on any atom is 0.0711 e. The normalized spacial score (nSPS) is 10.9. The molecule has 3 rings (SSSR count). The molecule has 1 aromatic heterocycles. The average molecular weight is 262 g/mol. The van der Waals surface area contributed by atoms with Crippen molar-refractivity contribution in [2.75, 3.05) is 7.05 Å². The largest absolute Gasteiger partial charge is 0.316 e. The predicted molar refractivity (Wildman–Crippen MR) is 84.7 cm³/mol. The standard InChI is InChI=1S/C18H18N2/c1-13-5-3-4-6-15(13)16-9-10-20-18-11-14(12-19-2)7-8-17(16)18/h3-11,19H,12H2,1-2H3. The molecule has 1 N–H and O–H groups in total. The lowest BCUT2D eigenvalue weighted by Crippen LogP contribution is -2.04. The second kappa shape index (κ2) is 5.43. The molecule has 2 nitrogen and oxygen atoms in total. The summed E-state index contributed by atoms with van der Waals surface area (Å²) in [4.78, 5) is 4.51. The summed E-state index contributed by atoms with van der Waals surface area (Å²) in [6, 6.07) is 17.1. The van der Waals surface area contributed by atoms with E-state index in [1.165, 1.54) is 27.6 Å². The topological polar surface area (TPSA) is 24.9 Å². The zero-order chi connectivity index (χ0) is 13.9. The van der Waals surface area contributed by atoms with Crippen molar-refractivity contribution < 1.29 is 0 Å².